The van der Waals surface area contributed by atoms with Crippen molar-refractivity contribution >= 4 is 5.91 Å². The van der Waals surface area contributed by atoms with Gasteiger partial charge >= 0.3 is 0 Å². The molecule has 0 saturated carbocycles. The van der Waals surface area contributed by atoms with Crippen LogP contribution in [0.3, 0.4) is 0 Å². The fourth-order valence-electron chi connectivity index (χ4n) is 4.64. The second kappa shape index (κ2) is 9.45. The molecule has 0 unspecified atom stereocenters. The van der Waals surface area contributed by atoms with Gasteiger partial charge in [0.25, 0.3) is 5.91 Å². The minimum absolute atomic E-state index is 0.138. The van der Waals surface area contributed by atoms with Crippen molar-refractivity contribution in [1.29, 1.82) is 0 Å². The molecule has 1 amide bonds. The summed E-state index contributed by atoms with van der Waals surface area (Å²) < 4.78 is 15.5. The van der Waals surface area contributed by atoms with Crippen LogP contribution < -0.4 is 5.32 Å². The smallest absolute Gasteiger partial charge is 0.251 e. The zero-order valence-electron chi connectivity index (χ0n) is 18.6. The van der Waals surface area contributed by atoms with Crippen LogP contribution in [0.5, 0.6) is 0 Å². The first-order valence-electron chi connectivity index (χ1n) is 11.6. The van der Waals surface area contributed by atoms with Gasteiger partial charge in [-0.05, 0) is 84.8 Å². The minimum atomic E-state index is -0.279. The first-order valence-corrected chi connectivity index (χ1v) is 11.6. The summed E-state index contributed by atoms with van der Waals surface area (Å²) in [7, 11) is 0. The molecule has 33 heavy (non-hydrogen) atoms. The highest BCUT2D eigenvalue weighted by Gasteiger charge is 2.19. The number of hydrogen-bond acceptors (Lipinski definition) is 1. The van der Waals surface area contributed by atoms with E-state index in [1.54, 1.807) is 12.1 Å². The van der Waals surface area contributed by atoms with Gasteiger partial charge in [-0.3, -0.25) is 4.79 Å². The van der Waals surface area contributed by atoms with E-state index in [1.165, 1.54) is 53.9 Å². The number of benzene rings is 3. The van der Waals surface area contributed by atoms with Crippen molar-refractivity contribution in [2.75, 3.05) is 0 Å². The molecule has 0 fully saturated rings. The summed E-state index contributed by atoms with van der Waals surface area (Å²) in [6, 6.07) is 26.9. The fraction of sp³-hybridized carbons (Fsp3) is 0.207. The van der Waals surface area contributed by atoms with Gasteiger partial charge in [-0.25, -0.2) is 4.39 Å². The van der Waals surface area contributed by atoms with Gasteiger partial charge in [0.1, 0.15) is 5.82 Å². The Bertz CT molecular complexity index is 1240. The molecule has 0 bridgehead atoms. The summed E-state index contributed by atoms with van der Waals surface area (Å²) in [5.74, 6) is -0.418. The number of aromatic nitrogens is 1. The lowest BCUT2D eigenvalue weighted by atomic mass is 10.1. The summed E-state index contributed by atoms with van der Waals surface area (Å²) in [4.78, 5) is 12.7. The van der Waals surface area contributed by atoms with Crippen molar-refractivity contribution in [3.63, 3.8) is 0 Å². The number of rotatable bonds is 5. The zero-order chi connectivity index (χ0) is 22.6. The third-order valence-corrected chi connectivity index (χ3v) is 6.38. The van der Waals surface area contributed by atoms with E-state index in [9.17, 15) is 9.18 Å². The Labute approximate surface area is 193 Å². The third-order valence-electron chi connectivity index (χ3n) is 6.38. The van der Waals surface area contributed by atoms with E-state index in [1.807, 2.05) is 30.3 Å². The van der Waals surface area contributed by atoms with Crippen LogP contribution in [0.2, 0.25) is 0 Å². The van der Waals surface area contributed by atoms with E-state index in [4.69, 9.17) is 0 Å². The van der Waals surface area contributed by atoms with Gasteiger partial charge < -0.3 is 9.88 Å². The van der Waals surface area contributed by atoms with Crippen molar-refractivity contribution in [3.8, 4) is 16.9 Å². The number of carbonyl (C=O) groups is 1. The molecule has 3 aromatic carbocycles. The predicted molar refractivity (Wildman–Crippen MR) is 130 cm³/mol. The lowest BCUT2D eigenvalue weighted by Gasteiger charge is -2.15. The summed E-state index contributed by atoms with van der Waals surface area (Å²) in [5.41, 5.74) is 7.78. The molecule has 5 rings (SSSR count). The van der Waals surface area contributed by atoms with Crippen molar-refractivity contribution in [2.24, 2.45) is 0 Å². The highest BCUT2D eigenvalue weighted by molar-refractivity contribution is 5.94. The summed E-state index contributed by atoms with van der Waals surface area (Å²) in [6.07, 6.45) is 5.89. The molecule has 0 atom stereocenters. The average Bonchev–Trinajstić information content (AvgIpc) is 3.06. The van der Waals surface area contributed by atoms with Crippen LogP contribution in [0.25, 0.3) is 16.9 Å². The van der Waals surface area contributed by atoms with Crippen LogP contribution in [-0.2, 0) is 19.4 Å². The van der Waals surface area contributed by atoms with Gasteiger partial charge in [0.2, 0.25) is 0 Å². The molecule has 166 valence electrons. The maximum absolute atomic E-state index is 13.1. The molecule has 1 heterocycles. The molecule has 0 saturated heterocycles. The van der Waals surface area contributed by atoms with E-state index in [0.29, 0.717) is 12.1 Å². The number of halogens is 1. The summed E-state index contributed by atoms with van der Waals surface area (Å²) >= 11 is 0. The molecule has 1 aromatic heterocycles. The van der Waals surface area contributed by atoms with Gasteiger partial charge in [0.15, 0.2) is 0 Å². The molecular weight excluding hydrogens is 411 g/mol. The molecule has 1 aliphatic carbocycles. The second-order valence-corrected chi connectivity index (χ2v) is 8.62. The monoisotopic (exact) mass is 438 g/mol. The van der Waals surface area contributed by atoms with Gasteiger partial charge in [-0.1, -0.05) is 48.9 Å². The maximum Gasteiger partial charge on any atom is 0.251 e. The van der Waals surface area contributed by atoms with Crippen molar-refractivity contribution in [1.82, 2.24) is 9.88 Å². The fourth-order valence-corrected chi connectivity index (χ4v) is 4.64. The van der Waals surface area contributed by atoms with E-state index >= 15 is 0 Å². The second-order valence-electron chi connectivity index (χ2n) is 8.62. The number of hydrogen-bond donors (Lipinski definition) is 1. The molecule has 1 aliphatic rings. The number of aryl methyl sites for hydroxylation is 1. The first kappa shape index (κ1) is 21.2. The highest BCUT2D eigenvalue weighted by atomic mass is 19.1. The molecule has 0 aliphatic heterocycles. The minimum Gasteiger partial charge on any atom is -0.348 e. The molecule has 3 nitrogen and oxygen atoms in total. The Kier molecular flexibility index (Phi) is 6.07. The van der Waals surface area contributed by atoms with Crippen LogP contribution in [0.15, 0.2) is 84.9 Å². The molecule has 4 aromatic rings. The van der Waals surface area contributed by atoms with Crippen LogP contribution in [0.4, 0.5) is 4.39 Å². The standard InChI is InChI=1S/C29H27FN2O/c30-25-15-11-21(12-16-25)20-31-29(33)23-13-17-26(18-14-23)32-27-10-6-2-5-9-24(27)19-28(32)22-7-3-1-4-8-22/h1,3-4,7-8,11-19H,2,5-6,9-10,20H2,(H,31,33). The summed E-state index contributed by atoms with van der Waals surface area (Å²) in [6.45, 7) is 0.365. The molecule has 4 heteroatoms. The SMILES string of the molecule is O=C(NCc1ccc(F)cc1)c1ccc(-n2c(-c3ccccc3)cc3c2CCCCC3)cc1. The third kappa shape index (κ3) is 4.61. The lowest BCUT2D eigenvalue weighted by molar-refractivity contribution is 0.0951. The van der Waals surface area contributed by atoms with E-state index < -0.39 is 0 Å². The summed E-state index contributed by atoms with van der Waals surface area (Å²) in [5, 5.41) is 2.92. The predicted octanol–water partition coefficient (Wildman–Crippen LogP) is 6.48. The van der Waals surface area contributed by atoms with Gasteiger partial charge in [-0.15, -0.1) is 0 Å². The molecule has 0 radical (unpaired) electrons. The topological polar surface area (TPSA) is 34.0 Å². The van der Waals surface area contributed by atoms with Crippen LogP contribution in [0, 0.1) is 5.82 Å². The average molecular weight is 439 g/mol. The van der Waals surface area contributed by atoms with Crippen LogP contribution >= 0.6 is 0 Å². The van der Waals surface area contributed by atoms with E-state index in [-0.39, 0.29) is 11.7 Å². The number of carbonyl (C=O) groups excluding carboxylic acids is 1. The number of nitrogens with one attached hydrogen (secondary N) is 1. The maximum atomic E-state index is 13.1. The molecule has 1 N–H and O–H groups in total. The van der Waals surface area contributed by atoms with Crippen molar-refractivity contribution in [3.05, 3.63) is 113 Å². The van der Waals surface area contributed by atoms with Gasteiger partial charge in [0, 0.05) is 23.5 Å². The first-order chi connectivity index (χ1) is 16.2. The van der Waals surface area contributed by atoms with E-state index in [2.05, 4.69) is 40.2 Å². The Morgan fingerprint density at radius 1 is 0.848 bits per heavy atom. The van der Waals surface area contributed by atoms with Gasteiger partial charge in [-0.2, -0.15) is 0 Å². The van der Waals surface area contributed by atoms with Crippen molar-refractivity contribution in [2.45, 2.75) is 38.6 Å². The Morgan fingerprint density at radius 2 is 1.58 bits per heavy atom. The molecule has 0 spiro atoms. The zero-order valence-corrected chi connectivity index (χ0v) is 18.6. The quantitative estimate of drug-likeness (QED) is 0.355. The Balaban J connectivity index is 1.42. The Hall–Kier alpha value is -3.66. The van der Waals surface area contributed by atoms with E-state index in [0.717, 1.165) is 24.1 Å². The van der Waals surface area contributed by atoms with Crippen LogP contribution in [-0.4, -0.2) is 10.5 Å². The van der Waals surface area contributed by atoms with Crippen LogP contribution in [0.1, 0.15) is 46.4 Å². The normalized spacial score (nSPS) is 13.2. The Morgan fingerprint density at radius 3 is 2.33 bits per heavy atom. The molecular formula is C29H27FN2O. The largest absolute Gasteiger partial charge is 0.348 e. The number of fused-ring (bicyclic) bond motifs is 1. The number of nitrogens with zero attached hydrogens (tertiary/aromatic N) is 1. The number of amides is 1. The lowest BCUT2D eigenvalue weighted by Crippen LogP contribution is -2.22. The van der Waals surface area contributed by atoms with Gasteiger partial charge in [0.05, 0.1) is 5.69 Å². The highest BCUT2D eigenvalue weighted by Crippen LogP contribution is 2.33. The van der Waals surface area contributed by atoms with Crippen molar-refractivity contribution < 1.29 is 9.18 Å².